The highest BCUT2D eigenvalue weighted by Gasteiger charge is 2.43. The number of nitrogens with one attached hydrogen (secondary N) is 1. The molecule has 0 radical (unpaired) electrons. The summed E-state index contributed by atoms with van der Waals surface area (Å²) in [6.45, 7) is 0.153. The van der Waals surface area contributed by atoms with Crippen molar-refractivity contribution in [2.24, 2.45) is 5.41 Å². The molecule has 1 aliphatic rings. The minimum atomic E-state index is -0.0416. The first-order valence-corrected chi connectivity index (χ1v) is 3.54. The highest BCUT2D eigenvalue weighted by molar-refractivity contribution is 5.76. The van der Waals surface area contributed by atoms with Crippen molar-refractivity contribution in [2.75, 3.05) is 13.7 Å². The Morgan fingerprint density at radius 3 is 2.60 bits per heavy atom. The summed E-state index contributed by atoms with van der Waals surface area (Å²) in [5.74, 6) is 0.0338. The van der Waals surface area contributed by atoms with Crippen LogP contribution in [0.15, 0.2) is 0 Å². The number of amides is 1. The molecule has 0 bridgehead atoms. The zero-order valence-electron chi connectivity index (χ0n) is 6.18. The predicted octanol–water partition coefficient (Wildman–Crippen LogP) is -0.105. The van der Waals surface area contributed by atoms with Gasteiger partial charge in [-0.15, -0.1) is 0 Å². The van der Waals surface area contributed by atoms with Crippen molar-refractivity contribution in [2.45, 2.75) is 19.3 Å². The highest BCUT2D eigenvalue weighted by atomic mass is 16.3. The Kier molecular flexibility index (Phi) is 1.94. The monoisotopic (exact) mass is 143 g/mol. The SMILES string of the molecule is CNC(=O)CC1(CO)CC1. The van der Waals surface area contributed by atoms with Gasteiger partial charge in [-0.25, -0.2) is 0 Å². The lowest BCUT2D eigenvalue weighted by Crippen LogP contribution is -2.23. The molecule has 0 aromatic rings. The number of hydrogen-bond donors (Lipinski definition) is 2. The van der Waals surface area contributed by atoms with E-state index in [2.05, 4.69) is 5.32 Å². The van der Waals surface area contributed by atoms with E-state index in [0.29, 0.717) is 6.42 Å². The molecule has 1 fully saturated rings. The topological polar surface area (TPSA) is 49.3 Å². The third kappa shape index (κ3) is 1.48. The van der Waals surface area contributed by atoms with Crippen molar-refractivity contribution in [1.29, 1.82) is 0 Å². The molecule has 1 aliphatic carbocycles. The van der Waals surface area contributed by atoms with Crippen LogP contribution < -0.4 is 5.32 Å². The van der Waals surface area contributed by atoms with Gasteiger partial charge in [0.25, 0.3) is 0 Å². The van der Waals surface area contributed by atoms with Gasteiger partial charge in [0.05, 0.1) is 0 Å². The van der Waals surface area contributed by atoms with Crippen molar-refractivity contribution < 1.29 is 9.90 Å². The normalized spacial score (nSPS) is 20.2. The molecule has 1 amide bonds. The van der Waals surface area contributed by atoms with Gasteiger partial charge in [-0.1, -0.05) is 0 Å². The van der Waals surface area contributed by atoms with Crippen LogP contribution in [0.4, 0.5) is 0 Å². The Balaban J connectivity index is 2.30. The second-order valence-electron chi connectivity index (χ2n) is 3.01. The molecule has 0 aromatic heterocycles. The van der Waals surface area contributed by atoms with Crippen molar-refractivity contribution in [3.8, 4) is 0 Å². The molecule has 0 unspecified atom stereocenters. The number of hydrogen-bond acceptors (Lipinski definition) is 2. The minimum Gasteiger partial charge on any atom is -0.396 e. The summed E-state index contributed by atoms with van der Waals surface area (Å²) in [5.41, 5.74) is -0.0416. The van der Waals surface area contributed by atoms with Crippen LogP contribution in [0.3, 0.4) is 0 Å². The summed E-state index contributed by atoms with van der Waals surface area (Å²) in [4.78, 5) is 10.8. The Morgan fingerprint density at radius 1 is 1.70 bits per heavy atom. The second kappa shape index (κ2) is 2.58. The lowest BCUT2D eigenvalue weighted by molar-refractivity contribution is -0.122. The minimum absolute atomic E-state index is 0.0338. The lowest BCUT2D eigenvalue weighted by Gasteiger charge is -2.08. The maximum absolute atomic E-state index is 10.8. The molecule has 1 rings (SSSR count). The fourth-order valence-corrected chi connectivity index (χ4v) is 0.997. The van der Waals surface area contributed by atoms with Gasteiger partial charge in [0, 0.05) is 25.5 Å². The van der Waals surface area contributed by atoms with Gasteiger partial charge >= 0.3 is 0 Å². The fourth-order valence-electron chi connectivity index (χ4n) is 0.997. The van der Waals surface area contributed by atoms with Crippen LogP contribution in [0.5, 0.6) is 0 Å². The van der Waals surface area contributed by atoms with Crippen LogP contribution >= 0.6 is 0 Å². The largest absolute Gasteiger partial charge is 0.396 e. The average molecular weight is 143 g/mol. The van der Waals surface area contributed by atoms with E-state index < -0.39 is 0 Å². The highest BCUT2D eigenvalue weighted by Crippen LogP contribution is 2.47. The zero-order valence-corrected chi connectivity index (χ0v) is 6.18. The van der Waals surface area contributed by atoms with Gasteiger partial charge in [0.15, 0.2) is 0 Å². The number of carbonyl (C=O) groups excluding carboxylic acids is 1. The summed E-state index contributed by atoms with van der Waals surface area (Å²) in [7, 11) is 1.62. The van der Waals surface area contributed by atoms with Gasteiger partial charge in [-0.05, 0) is 12.8 Å². The van der Waals surface area contributed by atoms with E-state index in [4.69, 9.17) is 5.11 Å². The summed E-state index contributed by atoms with van der Waals surface area (Å²) < 4.78 is 0. The number of aliphatic hydroxyl groups excluding tert-OH is 1. The van der Waals surface area contributed by atoms with E-state index in [-0.39, 0.29) is 17.9 Å². The molecule has 2 N–H and O–H groups in total. The average Bonchev–Trinajstić information content (AvgIpc) is 2.70. The first-order chi connectivity index (χ1) is 4.72. The van der Waals surface area contributed by atoms with Crippen LogP contribution in [0, 0.1) is 5.41 Å². The Morgan fingerprint density at radius 2 is 2.30 bits per heavy atom. The van der Waals surface area contributed by atoms with Gasteiger partial charge in [0.1, 0.15) is 0 Å². The second-order valence-corrected chi connectivity index (χ2v) is 3.01. The van der Waals surface area contributed by atoms with E-state index in [1.807, 2.05) is 0 Å². The first kappa shape index (κ1) is 7.54. The number of rotatable bonds is 3. The maximum atomic E-state index is 10.8. The molecular weight excluding hydrogens is 130 g/mol. The van der Waals surface area contributed by atoms with Crippen molar-refractivity contribution >= 4 is 5.91 Å². The van der Waals surface area contributed by atoms with E-state index in [0.717, 1.165) is 12.8 Å². The molecule has 58 valence electrons. The molecule has 0 spiro atoms. The van der Waals surface area contributed by atoms with Gasteiger partial charge in [-0.3, -0.25) is 4.79 Å². The van der Waals surface area contributed by atoms with Crippen LogP contribution in [0.2, 0.25) is 0 Å². The third-order valence-corrected chi connectivity index (χ3v) is 2.11. The number of aliphatic hydroxyl groups is 1. The smallest absolute Gasteiger partial charge is 0.220 e. The van der Waals surface area contributed by atoms with Gasteiger partial charge in [0.2, 0.25) is 5.91 Å². The lowest BCUT2D eigenvalue weighted by atomic mass is 10.0. The van der Waals surface area contributed by atoms with Crippen LogP contribution in [-0.2, 0) is 4.79 Å². The molecule has 0 saturated heterocycles. The van der Waals surface area contributed by atoms with Gasteiger partial charge in [-0.2, -0.15) is 0 Å². The Labute approximate surface area is 60.4 Å². The Hall–Kier alpha value is -0.570. The standard InChI is InChI=1S/C7H13NO2/c1-8-6(10)4-7(5-9)2-3-7/h9H,2-5H2,1H3,(H,8,10). The van der Waals surface area contributed by atoms with Crippen molar-refractivity contribution in [3.05, 3.63) is 0 Å². The van der Waals surface area contributed by atoms with E-state index >= 15 is 0 Å². The fraction of sp³-hybridized carbons (Fsp3) is 0.857. The molecular formula is C7H13NO2. The summed E-state index contributed by atoms with van der Waals surface area (Å²) in [6, 6.07) is 0. The van der Waals surface area contributed by atoms with Crippen molar-refractivity contribution in [3.63, 3.8) is 0 Å². The molecule has 0 atom stereocenters. The van der Waals surface area contributed by atoms with E-state index in [9.17, 15) is 4.79 Å². The zero-order chi connectivity index (χ0) is 7.61. The molecule has 10 heavy (non-hydrogen) atoms. The van der Waals surface area contributed by atoms with Crippen molar-refractivity contribution in [1.82, 2.24) is 5.32 Å². The van der Waals surface area contributed by atoms with E-state index in [1.165, 1.54) is 0 Å². The molecule has 0 aliphatic heterocycles. The summed E-state index contributed by atoms with van der Waals surface area (Å²) in [6.07, 6.45) is 2.48. The third-order valence-electron chi connectivity index (χ3n) is 2.11. The first-order valence-electron chi connectivity index (χ1n) is 3.54. The van der Waals surface area contributed by atoms with E-state index in [1.54, 1.807) is 7.05 Å². The number of carbonyl (C=O) groups is 1. The van der Waals surface area contributed by atoms with Gasteiger partial charge < -0.3 is 10.4 Å². The predicted molar refractivity (Wildman–Crippen MR) is 37.4 cm³/mol. The van der Waals surface area contributed by atoms with Crippen LogP contribution in [-0.4, -0.2) is 24.7 Å². The van der Waals surface area contributed by atoms with Crippen LogP contribution in [0.1, 0.15) is 19.3 Å². The molecule has 1 saturated carbocycles. The molecule has 0 aromatic carbocycles. The molecule has 3 heteroatoms. The quantitative estimate of drug-likeness (QED) is 0.579. The molecule has 0 heterocycles. The maximum Gasteiger partial charge on any atom is 0.220 e. The summed E-state index contributed by atoms with van der Waals surface area (Å²) in [5, 5.41) is 11.4. The molecule has 3 nitrogen and oxygen atoms in total. The van der Waals surface area contributed by atoms with Crippen LogP contribution in [0.25, 0.3) is 0 Å². The Bertz CT molecular complexity index is 141. The summed E-state index contributed by atoms with van der Waals surface area (Å²) >= 11 is 0.